The second-order valence-electron chi connectivity index (χ2n) is 5.78. The zero-order valence-corrected chi connectivity index (χ0v) is 13.7. The van der Waals surface area contributed by atoms with Gasteiger partial charge in [-0.05, 0) is 49.6 Å². The first-order valence-corrected chi connectivity index (χ1v) is 8.12. The fourth-order valence-electron chi connectivity index (χ4n) is 2.41. The molecule has 1 aromatic carbocycles. The van der Waals surface area contributed by atoms with Crippen molar-refractivity contribution in [2.45, 2.75) is 19.3 Å². The molecule has 1 N–H and O–H groups in total. The molecular formula is C19H25N3O. The van der Waals surface area contributed by atoms with Crippen molar-refractivity contribution in [3.8, 4) is 0 Å². The summed E-state index contributed by atoms with van der Waals surface area (Å²) in [6.07, 6.45) is 6.50. The van der Waals surface area contributed by atoms with Crippen LogP contribution in [0.3, 0.4) is 0 Å². The van der Waals surface area contributed by atoms with Crippen LogP contribution in [0.25, 0.3) is 0 Å². The maximum atomic E-state index is 11.9. The van der Waals surface area contributed by atoms with Crippen molar-refractivity contribution in [1.29, 1.82) is 0 Å². The molecule has 122 valence electrons. The van der Waals surface area contributed by atoms with Crippen molar-refractivity contribution in [3.63, 3.8) is 0 Å². The lowest BCUT2D eigenvalue weighted by molar-refractivity contribution is -0.121. The van der Waals surface area contributed by atoms with Gasteiger partial charge in [-0.1, -0.05) is 30.3 Å². The van der Waals surface area contributed by atoms with Gasteiger partial charge < -0.3 is 5.32 Å². The van der Waals surface area contributed by atoms with Crippen LogP contribution < -0.4 is 5.32 Å². The first kappa shape index (κ1) is 17.2. The Morgan fingerprint density at radius 2 is 1.74 bits per heavy atom. The number of benzene rings is 1. The van der Waals surface area contributed by atoms with Crippen molar-refractivity contribution >= 4 is 5.91 Å². The van der Waals surface area contributed by atoms with Crippen LogP contribution in [0.2, 0.25) is 0 Å². The highest BCUT2D eigenvalue weighted by atomic mass is 16.2. The summed E-state index contributed by atoms with van der Waals surface area (Å²) < 4.78 is 0. The van der Waals surface area contributed by atoms with Gasteiger partial charge in [0, 0.05) is 25.5 Å². The predicted molar refractivity (Wildman–Crippen MR) is 93.2 cm³/mol. The van der Waals surface area contributed by atoms with E-state index >= 15 is 0 Å². The Hall–Kier alpha value is -2.20. The van der Waals surface area contributed by atoms with Crippen LogP contribution in [0.4, 0.5) is 0 Å². The molecule has 0 aliphatic carbocycles. The third-order valence-electron chi connectivity index (χ3n) is 3.75. The smallest absolute Gasteiger partial charge is 0.234 e. The van der Waals surface area contributed by atoms with E-state index < -0.39 is 0 Å². The van der Waals surface area contributed by atoms with Gasteiger partial charge in [-0.15, -0.1) is 0 Å². The molecule has 2 aromatic rings. The summed E-state index contributed by atoms with van der Waals surface area (Å²) in [4.78, 5) is 18.0. The second-order valence-corrected chi connectivity index (χ2v) is 5.78. The minimum Gasteiger partial charge on any atom is -0.355 e. The molecule has 0 radical (unpaired) electrons. The van der Waals surface area contributed by atoms with Crippen molar-refractivity contribution in [1.82, 2.24) is 15.2 Å². The monoisotopic (exact) mass is 311 g/mol. The van der Waals surface area contributed by atoms with Gasteiger partial charge in [-0.25, -0.2) is 0 Å². The van der Waals surface area contributed by atoms with Gasteiger partial charge >= 0.3 is 0 Å². The highest BCUT2D eigenvalue weighted by Gasteiger charge is 2.06. The Balaban J connectivity index is 1.57. The Kier molecular flexibility index (Phi) is 7.27. The Morgan fingerprint density at radius 3 is 2.48 bits per heavy atom. The van der Waals surface area contributed by atoms with Crippen LogP contribution in [0, 0.1) is 0 Å². The molecule has 0 atom stereocenters. The van der Waals surface area contributed by atoms with Crippen molar-refractivity contribution in [2.24, 2.45) is 0 Å². The maximum absolute atomic E-state index is 11.9. The fourth-order valence-corrected chi connectivity index (χ4v) is 2.41. The predicted octanol–water partition coefficient (Wildman–Crippen LogP) is 2.30. The lowest BCUT2D eigenvalue weighted by Crippen LogP contribution is -2.36. The third-order valence-corrected chi connectivity index (χ3v) is 3.75. The first-order chi connectivity index (χ1) is 11.2. The van der Waals surface area contributed by atoms with Crippen LogP contribution in [-0.2, 0) is 17.6 Å². The number of pyridine rings is 1. The molecule has 1 amide bonds. The molecule has 4 nitrogen and oxygen atoms in total. The Bertz CT molecular complexity index is 572. The summed E-state index contributed by atoms with van der Waals surface area (Å²) >= 11 is 0. The molecular weight excluding hydrogens is 286 g/mol. The summed E-state index contributed by atoms with van der Waals surface area (Å²) in [5, 5.41) is 2.99. The topological polar surface area (TPSA) is 45.2 Å². The van der Waals surface area contributed by atoms with E-state index in [9.17, 15) is 4.79 Å². The average Bonchev–Trinajstić information content (AvgIpc) is 2.59. The fraction of sp³-hybridized carbons (Fsp3) is 0.368. The molecule has 0 unspecified atom stereocenters. The van der Waals surface area contributed by atoms with E-state index in [4.69, 9.17) is 0 Å². The number of carbonyl (C=O) groups is 1. The summed E-state index contributed by atoms with van der Waals surface area (Å²) in [6, 6.07) is 14.4. The van der Waals surface area contributed by atoms with Crippen LogP contribution in [0.1, 0.15) is 17.5 Å². The van der Waals surface area contributed by atoms with Gasteiger partial charge in [-0.3, -0.25) is 14.7 Å². The van der Waals surface area contributed by atoms with Gasteiger partial charge in [0.25, 0.3) is 0 Å². The molecule has 0 spiro atoms. The lowest BCUT2D eigenvalue weighted by Gasteiger charge is -2.16. The number of nitrogens with one attached hydrogen (secondary N) is 1. The van der Waals surface area contributed by atoms with Gasteiger partial charge in [0.15, 0.2) is 0 Å². The standard InChI is InChI=1S/C19H25N3O/c1-22(15-11-18-9-13-20-14-10-18)16-19(23)21-12-5-8-17-6-3-2-4-7-17/h2-4,6-7,9-10,13-14H,5,8,11-12,15-16H2,1H3,(H,21,23). The number of carbonyl (C=O) groups excluding carboxylic acids is 1. The van der Waals surface area contributed by atoms with E-state index in [-0.39, 0.29) is 5.91 Å². The van der Waals surface area contributed by atoms with E-state index in [1.807, 2.05) is 42.3 Å². The lowest BCUT2D eigenvalue weighted by atomic mass is 10.1. The maximum Gasteiger partial charge on any atom is 0.234 e. The molecule has 0 saturated carbocycles. The number of likely N-dealkylation sites (N-methyl/N-ethyl adjacent to an activating group) is 1. The number of aromatic nitrogens is 1. The zero-order chi connectivity index (χ0) is 16.3. The second kappa shape index (κ2) is 9.74. The van der Waals surface area contributed by atoms with E-state index in [0.29, 0.717) is 6.54 Å². The molecule has 4 heteroatoms. The molecule has 0 saturated heterocycles. The number of aryl methyl sites for hydroxylation is 1. The van der Waals surface area contributed by atoms with Crippen molar-refractivity contribution in [3.05, 3.63) is 66.0 Å². The van der Waals surface area contributed by atoms with E-state index in [2.05, 4.69) is 22.4 Å². The minimum atomic E-state index is 0.0929. The van der Waals surface area contributed by atoms with Gasteiger partial charge in [0.2, 0.25) is 5.91 Å². The van der Waals surface area contributed by atoms with Crippen LogP contribution in [0.5, 0.6) is 0 Å². The number of rotatable bonds is 9. The average molecular weight is 311 g/mol. The number of amides is 1. The highest BCUT2D eigenvalue weighted by Crippen LogP contribution is 2.01. The highest BCUT2D eigenvalue weighted by molar-refractivity contribution is 5.77. The summed E-state index contributed by atoms with van der Waals surface area (Å²) in [5.41, 5.74) is 2.56. The molecule has 0 bridgehead atoms. The number of hydrogen-bond acceptors (Lipinski definition) is 3. The molecule has 2 rings (SSSR count). The van der Waals surface area contributed by atoms with E-state index in [0.717, 1.165) is 32.4 Å². The van der Waals surface area contributed by atoms with Crippen molar-refractivity contribution < 1.29 is 4.79 Å². The molecule has 23 heavy (non-hydrogen) atoms. The molecule has 0 fully saturated rings. The minimum absolute atomic E-state index is 0.0929. The Morgan fingerprint density at radius 1 is 1.04 bits per heavy atom. The van der Waals surface area contributed by atoms with E-state index in [1.165, 1.54) is 11.1 Å². The van der Waals surface area contributed by atoms with E-state index in [1.54, 1.807) is 12.4 Å². The molecule has 1 aromatic heterocycles. The van der Waals surface area contributed by atoms with Crippen LogP contribution in [0.15, 0.2) is 54.9 Å². The molecule has 0 aliphatic heterocycles. The quantitative estimate of drug-likeness (QED) is 0.723. The summed E-state index contributed by atoms with van der Waals surface area (Å²) in [7, 11) is 1.98. The summed E-state index contributed by atoms with van der Waals surface area (Å²) in [6.45, 7) is 2.03. The SMILES string of the molecule is CN(CCc1ccncc1)CC(=O)NCCCc1ccccc1. The normalized spacial score (nSPS) is 10.7. The van der Waals surface area contributed by atoms with Crippen molar-refractivity contribution in [2.75, 3.05) is 26.7 Å². The number of nitrogens with zero attached hydrogens (tertiary/aromatic N) is 2. The van der Waals surface area contributed by atoms with Crippen LogP contribution in [-0.4, -0.2) is 42.5 Å². The van der Waals surface area contributed by atoms with Gasteiger partial charge in [-0.2, -0.15) is 0 Å². The largest absolute Gasteiger partial charge is 0.355 e. The third kappa shape index (κ3) is 7.06. The van der Waals surface area contributed by atoms with Gasteiger partial charge in [0.05, 0.1) is 6.54 Å². The molecule has 0 aliphatic rings. The molecule has 1 heterocycles. The summed E-state index contributed by atoms with van der Waals surface area (Å²) in [5.74, 6) is 0.0929. The Labute approximate surface area is 138 Å². The number of hydrogen-bond donors (Lipinski definition) is 1. The first-order valence-electron chi connectivity index (χ1n) is 8.12. The van der Waals surface area contributed by atoms with Crippen LogP contribution >= 0.6 is 0 Å². The zero-order valence-electron chi connectivity index (χ0n) is 13.7. The van der Waals surface area contributed by atoms with Gasteiger partial charge in [0.1, 0.15) is 0 Å².